The lowest BCUT2D eigenvalue weighted by Gasteiger charge is -2.39. The molecule has 0 aromatic heterocycles. The molecule has 1 spiro atoms. The van der Waals surface area contributed by atoms with Gasteiger partial charge in [-0.1, -0.05) is 121 Å². The first-order valence-electron chi connectivity index (χ1n) is 21.7. The van der Waals surface area contributed by atoms with E-state index in [1.54, 1.807) is 0 Å². The number of hydrogen-bond donors (Lipinski definition) is 1. The molecule has 0 fully saturated rings. The second kappa shape index (κ2) is 14.0. The zero-order valence-electron chi connectivity index (χ0n) is 36.8. The third kappa shape index (κ3) is 4.86. The molecule has 0 heterocycles. The monoisotopic (exact) mass is 804 g/mol. The summed E-state index contributed by atoms with van der Waals surface area (Å²) in [7, 11) is 0. The molecule has 0 nitrogen and oxygen atoms in total. The highest BCUT2D eigenvalue weighted by Gasteiger charge is 2.59. The van der Waals surface area contributed by atoms with E-state index in [-0.39, 0.29) is 11.8 Å². The van der Waals surface area contributed by atoms with Crippen LogP contribution in [0.4, 0.5) is 0 Å². The summed E-state index contributed by atoms with van der Waals surface area (Å²) in [6.07, 6.45) is 14.7. The number of hydrogen-bond acceptors (Lipinski definition) is 1. The third-order valence-electron chi connectivity index (χ3n) is 15.2. The Hall–Kier alpha value is -6.07. The number of benzene rings is 7. The van der Waals surface area contributed by atoms with Gasteiger partial charge >= 0.3 is 0 Å². The van der Waals surface area contributed by atoms with E-state index in [1.165, 1.54) is 139 Å². The Bertz CT molecular complexity index is 3150. The maximum absolute atomic E-state index is 5.42. The normalized spacial score (nSPS) is 17.3. The van der Waals surface area contributed by atoms with Gasteiger partial charge in [0, 0.05) is 22.3 Å². The molecular formula is C60H52S. The Morgan fingerprint density at radius 1 is 0.541 bits per heavy atom. The van der Waals surface area contributed by atoms with Gasteiger partial charge in [0.25, 0.3) is 0 Å². The summed E-state index contributed by atoms with van der Waals surface area (Å²) < 4.78 is 0. The second-order valence-corrected chi connectivity index (χ2v) is 18.2. The van der Waals surface area contributed by atoms with E-state index in [1.807, 2.05) is 0 Å². The fraction of sp³-hybridized carbons (Fsp3) is 0.200. The highest BCUT2D eigenvalue weighted by Crippen LogP contribution is 2.73. The summed E-state index contributed by atoms with van der Waals surface area (Å²) in [5.74, 6) is 0.212. The molecule has 0 N–H and O–H groups in total. The number of terminal acetylenes is 1. The van der Waals surface area contributed by atoms with Crippen LogP contribution in [0.5, 0.6) is 0 Å². The van der Waals surface area contributed by atoms with Gasteiger partial charge in [0.1, 0.15) is 0 Å². The Kier molecular flexibility index (Phi) is 8.96. The molecule has 0 amide bonds. The van der Waals surface area contributed by atoms with Crippen LogP contribution >= 0.6 is 12.6 Å². The maximum atomic E-state index is 5.42. The molecule has 61 heavy (non-hydrogen) atoms. The van der Waals surface area contributed by atoms with Crippen molar-refractivity contribution in [3.05, 3.63) is 216 Å². The highest BCUT2D eigenvalue weighted by atomic mass is 32.1. The van der Waals surface area contributed by atoms with Crippen LogP contribution in [0.2, 0.25) is 0 Å². The molecule has 3 unspecified atom stereocenters. The predicted molar refractivity (Wildman–Crippen MR) is 262 cm³/mol. The van der Waals surface area contributed by atoms with Crippen molar-refractivity contribution >= 4 is 12.6 Å². The summed E-state index contributed by atoms with van der Waals surface area (Å²) in [5, 5.41) is 0. The smallest absolute Gasteiger partial charge is 0.0737 e. The molecule has 6 aromatic carbocycles. The van der Waals surface area contributed by atoms with E-state index < -0.39 is 5.41 Å². The topological polar surface area (TPSA) is 0 Å². The van der Waals surface area contributed by atoms with E-state index in [2.05, 4.69) is 197 Å². The minimum Gasteiger partial charge on any atom is -0.142 e. The first-order chi connectivity index (χ1) is 29.6. The van der Waals surface area contributed by atoms with Crippen molar-refractivity contribution in [2.24, 2.45) is 0 Å². The minimum absolute atomic E-state index is 0.0875. The number of fused-ring (bicyclic) bond motifs is 16. The molecule has 11 rings (SSSR count). The summed E-state index contributed by atoms with van der Waals surface area (Å²) in [6.45, 7) is 20.6. The highest BCUT2D eigenvalue weighted by molar-refractivity contribution is 7.80. The lowest BCUT2D eigenvalue weighted by molar-refractivity contribution is 0.768. The predicted octanol–water partition coefficient (Wildman–Crippen LogP) is 15.5. The molecule has 3 atom stereocenters. The molecule has 0 aliphatic heterocycles. The van der Waals surface area contributed by atoms with Gasteiger partial charge in [-0.3, -0.25) is 0 Å². The molecule has 6 aromatic rings. The molecule has 0 bridgehead atoms. The summed E-state index contributed by atoms with van der Waals surface area (Å²) in [4.78, 5) is 1.13. The van der Waals surface area contributed by atoms with Crippen molar-refractivity contribution in [2.45, 2.75) is 84.5 Å². The van der Waals surface area contributed by atoms with Gasteiger partial charge in [-0.2, -0.15) is 0 Å². The zero-order valence-corrected chi connectivity index (χ0v) is 37.7. The standard InChI is InChI=1S/C58H50S.C2H2/c1-10-18-37(11-2)49(38-19-13-12-14-20-38)39-25-26-41-40-21-15-16-22-42(40)50(44(41)29-39)43-23-17-24-47-51(43)52-45-28-31(4)48(45)56(52)58(47)54-34(7)32(5)30(3)27-46(54)53-55(58)35(8)33(6)36(9)57(53)59;1-2/h10-29,49-50,59H,1-9H3;1-2H/b18-10-,37-11+;. The molecule has 0 saturated carbocycles. The zero-order chi connectivity index (χ0) is 42.8. The average molecular weight is 805 g/mol. The van der Waals surface area contributed by atoms with Gasteiger partial charge in [-0.25, -0.2) is 0 Å². The molecule has 1 heteroatoms. The Labute approximate surface area is 368 Å². The van der Waals surface area contributed by atoms with Gasteiger partial charge in [0.15, 0.2) is 0 Å². The van der Waals surface area contributed by atoms with Crippen molar-refractivity contribution in [3.63, 3.8) is 0 Å². The Morgan fingerprint density at radius 3 is 1.93 bits per heavy atom. The van der Waals surface area contributed by atoms with Crippen molar-refractivity contribution < 1.29 is 0 Å². The van der Waals surface area contributed by atoms with Crippen LogP contribution in [0.1, 0.15) is 115 Å². The van der Waals surface area contributed by atoms with Crippen LogP contribution in [0.25, 0.3) is 44.5 Å². The van der Waals surface area contributed by atoms with Crippen LogP contribution in [0, 0.1) is 61.3 Å². The first-order valence-corrected chi connectivity index (χ1v) is 22.2. The number of thiol groups is 1. The summed E-state index contributed by atoms with van der Waals surface area (Å²) in [6, 6.07) is 39.9. The Morgan fingerprint density at radius 2 is 1.21 bits per heavy atom. The van der Waals surface area contributed by atoms with Gasteiger partial charge in [-0.05, 0) is 196 Å². The lowest BCUT2D eigenvalue weighted by atomic mass is 9.62. The average Bonchev–Trinajstić information content (AvgIpc) is 3.85. The Balaban J connectivity index is 0.00000220. The number of rotatable bonds is 5. The maximum Gasteiger partial charge on any atom is 0.0737 e. The van der Waals surface area contributed by atoms with E-state index in [4.69, 9.17) is 12.6 Å². The van der Waals surface area contributed by atoms with E-state index in [9.17, 15) is 0 Å². The summed E-state index contributed by atoms with van der Waals surface area (Å²) in [5.41, 5.74) is 34.5. The first kappa shape index (κ1) is 39.1. The minimum atomic E-state index is -0.420. The van der Waals surface area contributed by atoms with Crippen molar-refractivity contribution in [2.75, 3.05) is 0 Å². The van der Waals surface area contributed by atoms with E-state index >= 15 is 0 Å². The molecule has 0 saturated heterocycles. The van der Waals surface area contributed by atoms with Gasteiger partial charge in [0.2, 0.25) is 0 Å². The van der Waals surface area contributed by atoms with Gasteiger partial charge < -0.3 is 0 Å². The fourth-order valence-electron chi connectivity index (χ4n) is 12.2. The van der Waals surface area contributed by atoms with Gasteiger partial charge in [0.05, 0.1) is 5.41 Å². The quantitative estimate of drug-likeness (QED) is 0.1000. The third-order valence-corrected chi connectivity index (χ3v) is 15.8. The van der Waals surface area contributed by atoms with Crippen LogP contribution in [-0.4, -0.2) is 0 Å². The number of aryl methyl sites for hydroxylation is 2. The summed E-state index contributed by atoms with van der Waals surface area (Å²) >= 11 is 5.42. The SMILES string of the molecule is C#C.C/C=C\C(=C/C)C(c1ccccc1)c1ccc2c(c1)C(c1cccc3c1-c1c4cc(C)c-4c1C31c3c(cc(C)c(C)c3C)-c3c(S)c(C)c(C)c(C)c31)c1ccccc1-2. The molecule has 298 valence electrons. The van der Waals surface area contributed by atoms with Crippen LogP contribution in [-0.2, 0) is 5.41 Å². The van der Waals surface area contributed by atoms with Crippen LogP contribution in [0.15, 0.2) is 132 Å². The lowest BCUT2D eigenvalue weighted by Crippen LogP contribution is -2.31. The van der Waals surface area contributed by atoms with E-state index in [0.29, 0.717) is 0 Å². The number of allylic oxidation sites excluding steroid dienone is 4. The molecule has 5 aliphatic carbocycles. The van der Waals surface area contributed by atoms with Gasteiger partial charge in [-0.15, -0.1) is 25.5 Å². The second-order valence-electron chi connectivity index (χ2n) is 17.7. The van der Waals surface area contributed by atoms with Crippen LogP contribution < -0.4 is 0 Å². The largest absolute Gasteiger partial charge is 0.142 e. The van der Waals surface area contributed by atoms with Crippen LogP contribution in [0.3, 0.4) is 0 Å². The van der Waals surface area contributed by atoms with Crippen molar-refractivity contribution in [1.29, 1.82) is 0 Å². The fourth-order valence-corrected chi connectivity index (χ4v) is 12.6. The molecule has 5 aliphatic rings. The molecule has 0 radical (unpaired) electrons. The molecular weight excluding hydrogens is 753 g/mol. The van der Waals surface area contributed by atoms with Crippen molar-refractivity contribution in [1.82, 2.24) is 0 Å². The van der Waals surface area contributed by atoms with E-state index in [0.717, 1.165) is 4.90 Å². The van der Waals surface area contributed by atoms with Crippen molar-refractivity contribution in [3.8, 4) is 57.4 Å².